The van der Waals surface area contributed by atoms with Crippen LogP contribution in [0.3, 0.4) is 0 Å². The van der Waals surface area contributed by atoms with Gasteiger partial charge < -0.3 is 17.8 Å². The number of fused-ring (bicyclic) bond motifs is 12. The van der Waals surface area contributed by atoms with Crippen LogP contribution in [-0.2, 0) is 6.42 Å². The van der Waals surface area contributed by atoms with E-state index >= 15 is 0 Å². The summed E-state index contributed by atoms with van der Waals surface area (Å²) in [5, 5.41) is 7.75. The molecule has 0 aliphatic heterocycles. The molecule has 4 nitrogen and oxygen atoms in total. The van der Waals surface area contributed by atoms with Crippen LogP contribution in [0.25, 0.3) is 122 Å². The van der Waals surface area contributed by atoms with Gasteiger partial charge in [-0.2, -0.15) is 0 Å². The van der Waals surface area contributed by atoms with Gasteiger partial charge in [0.2, 0.25) is 0 Å². The van der Waals surface area contributed by atoms with E-state index in [4.69, 9.17) is 13.3 Å². The van der Waals surface area contributed by atoms with Crippen LogP contribution in [-0.4, -0.2) is 4.57 Å². The fourth-order valence-corrected chi connectivity index (χ4v) is 9.56. The highest BCUT2D eigenvalue weighted by Crippen LogP contribution is 2.43. The number of allylic oxidation sites excluding steroid dienone is 1. The Morgan fingerprint density at radius 2 is 1.00 bits per heavy atom. The zero-order chi connectivity index (χ0) is 37.9. The van der Waals surface area contributed by atoms with Crippen LogP contribution in [0.1, 0.15) is 17.7 Å². The third-order valence-corrected chi connectivity index (χ3v) is 12.3. The summed E-state index contributed by atoms with van der Waals surface area (Å²) < 4.78 is 22.4. The van der Waals surface area contributed by atoms with E-state index in [9.17, 15) is 0 Å². The average molecular weight is 744 g/mol. The predicted octanol–water partition coefficient (Wildman–Crippen LogP) is 15.3. The first-order valence-electron chi connectivity index (χ1n) is 20.0. The highest BCUT2D eigenvalue weighted by atomic mass is 16.3. The Kier molecular flexibility index (Phi) is 6.53. The van der Waals surface area contributed by atoms with Gasteiger partial charge in [-0.05, 0) is 95.3 Å². The van der Waals surface area contributed by atoms with Crippen molar-refractivity contribution in [1.82, 2.24) is 4.57 Å². The molecule has 0 saturated carbocycles. The molecule has 0 unspecified atom stereocenters. The molecule has 0 fully saturated rings. The van der Waals surface area contributed by atoms with E-state index in [0.717, 1.165) is 107 Å². The third-order valence-electron chi connectivity index (χ3n) is 12.3. The number of rotatable bonds is 4. The first kappa shape index (κ1) is 31.6. The van der Waals surface area contributed by atoms with E-state index in [1.807, 2.05) is 0 Å². The molecule has 13 rings (SSSR count). The lowest BCUT2D eigenvalue weighted by Crippen LogP contribution is -2.03. The molecule has 0 saturated heterocycles. The zero-order valence-corrected chi connectivity index (χ0v) is 31.3. The minimum Gasteiger partial charge on any atom is -0.456 e. The maximum atomic E-state index is 6.85. The SMILES string of the molecule is C1=Cc2c(n(-c3cccc4c3oc3cc5c(cc34)oc3c(-c4cccc(-c6ccc7oc8ccc(-c9ccccc9)cc8c7c6)c4)cccc35)c3ccccc23)CC1. The highest BCUT2D eigenvalue weighted by Gasteiger charge is 2.23. The minimum atomic E-state index is 0.847. The second kappa shape index (κ2) is 12.0. The van der Waals surface area contributed by atoms with Crippen molar-refractivity contribution in [3.05, 3.63) is 181 Å². The topological polar surface area (TPSA) is 44.4 Å². The second-order valence-electron chi connectivity index (χ2n) is 15.5. The standard InChI is InChI=1S/C54H33NO3/c1-2-11-32(12-3-1)34-23-25-49-42(28-34)43-29-35(24-26-50(43)56-49)33-13-8-14-36(27-33)37-17-9-18-40-44-30-52-45(31-51(44)57-53(37)40)41-19-10-22-48(54(41)58-52)55-46-20-6-4-15-38(46)39-16-5-7-21-47(39)55/h1-6,8-20,22-31H,7,21H2. The Hall–Kier alpha value is -7.56. The molecular formula is C54H33NO3. The predicted molar refractivity (Wildman–Crippen MR) is 239 cm³/mol. The summed E-state index contributed by atoms with van der Waals surface area (Å²) in [6, 6.07) is 58.2. The third kappa shape index (κ3) is 4.57. The number of nitrogens with zero attached hydrogens (tertiary/aromatic N) is 1. The first-order chi connectivity index (χ1) is 28.7. The number of aromatic nitrogens is 1. The lowest BCUT2D eigenvalue weighted by molar-refractivity contribution is 0.662. The molecule has 272 valence electrons. The smallest absolute Gasteiger partial charge is 0.159 e. The summed E-state index contributed by atoms with van der Waals surface area (Å²) >= 11 is 0. The molecule has 1 aliphatic carbocycles. The molecule has 4 heterocycles. The highest BCUT2D eigenvalue weighted by molar-refractivity contribution is 6.17. The molecule has 0 amide bonds. The maximum Gasteiger partial charge on any atom is 0.159 e. The number of hydrogen-bond donors (Lipinski definition) is 0. The van der Waals surface area contributed by atoms with Gasteiger partial charge in [0.15, 0.2) is 5.58 Å². The largest absolute Gasteiger partial charge is 0.456 e. The van der Waals surface area contributed by atoms with Crippen LogP contribution in [0.4, 0.5) is 0 Å². The van der Waals surface area contributed by atoms with Gasteiger partial charge in [0.05, 0.1) is 11.2 Å². The molecule has 0 N–H and O–H groups in total. The summed E-state index contributed by atoms with van der Waals surface area (Å²) in [5.74, 6) is 0. The van der Waals surface area contributed by atoms with Crippen LogP contribution < -0.4 is 0 Å². The summed E-state index contributed by atoms with van der Waals surface area (Å²) in [6.07, 6.45) is 6.59. The summed E-state index contributed by atoms with van der Waals surface area (Å²) in [6.45, 7) is 0. The number of furan rings is 3. The fraction of sp³-hybridized carbons (Fsp3) is 0.0370. The summed E-state index contributed by atoms with van der Waals surface area (Å²) in [7, 11) is 0. The van der Waals surface area contributed by atoms with Crippen molar-refractivity contribution in [3.8, 4) is 39.1 Å². The van der Waals surface area contributed by atoms with E-state index in [2.05, 4.69) is 181 Å². The Morgan fingerprint density at radius 3 is 1.81 bits per heavy atom. The first-order valence-corrected chi connectivity index (χ1v) is 20.0. The Bertz CT molecular complexity index is 3680. The number of para-hydroxylation sites is 3. The molecular weight excluding hydrogens is 711 g/mol. The molecule has 0 spiro atoms. The molecule has 4 aromatic heterocycles. The summed E-state index contributed by atoms with van der Waals surface area (Å²) in [4.78, 5) is 0. The van der Waals surface area contributed by atoms with Crippen molar-refractivity contribution in [2.24, 2.45) is 0 Å². The van der Waals surface area contributed by atoms with Gasteiger partial charge in [-0.1, -0.05) is 121 Å². The van der Waals surface area contributed by atoms with Crippen molar-refractivity contribution >= 4 is 82.8 Å². The van der Waals surface area contributed by atoms with Crippen molar-refractivity contribution < 1.29 is 13.3 Å². The van der Waals surface area contributed by atoms with Gasteiger partial charge >= 0.3 is 0 Å². The Labute approximate surface area is 332 Å². The van der Waals surface area contributed by atoms with Gasteiger partial charge in [0, 0.05) is 54.5 Å². The van der Waals surface area contributed by atoms with Crippen LogP contribution in [0.5, 0.6) is 0 Å². The quantitative estimate of drug-likeness (QED) is 0.180. The van der Waals surface area contributed by atoms with Gasteiger partial charge in [0.1, 0.15) is 27.9 Å². The van der Waals surface area contributed by atoms with E-state index in [1.165, 1.54) is 33.3 Å². The van der Waals surface area contributed by atoms with Gasteiger partial charge in [-0.15, -0.1) is 0 Å². The lowest BCUT2D eigenvalue weighted by Gasteiger charge is -2.13. The number of hydrogen-bond acceptors (Lipinski definition) is 3. The monoisotopic (exact) mass is 743 g/mol. The van der Waals surface area contributed by atoms with Crippen LogP contribution in [0.2, 0.25) is 0 Å². The molecule has 8 aromatic carbocycles. The van der Waals surface area contributed by atoms with Crippen molar-refractivity contribution in [2.45, 2.75) is 12.8 Å². The molecule has 12 aromatic rings. The van der Waals surface area contributed by atoms with Gasteiger partial charge in [-0.3, -0.25) is 0 Å². The van der Waals surface area contributed by atoms with Crippen molar-refractivity contribution in [3.63, 3.8) is 0 Å². The van der Waals surface area contributed by atoms with E-state index in [-0.39, 0.29) is 0 Å². The van der Waals surface area contributed by atoms with E-state index in [1.54, 1.807) is 0 Å². The molecule has 0 atom stereocenters. The minimum absolute atomic E-state index is 0.847. The normalized spacial score (nSPS) is 13.0. The fourth-order valence-electron chi connectivity index (χ4n) is 9.56. The molecule has 1 aliphatic rings. The van der Waals surface area contributed by atoms with Crippen LogP contribution in [0, 0.1) is 0 Å². The van der Waals surface area contributed by atoms with E-state index in [0.29, 0.717) is 0 Å². The zero-order valence-electron chi connectivity index (χ0n) is 31.3. The van der Waals surface area contributed by atoms with Crippen molar-refractivity contribution in [2.75, 3.05) is 0 Å². The average Bonchev–Trinajstić information content (AvgIpc) is 4.04. The second-order valence-corrected chi connectivity index (χ2v) is 15.5. The lowest BCUT2D eigenvalue weighted by atomic mass is 9.96. The molecule has 58 heavy (non-hydrogen) atoms. The van der Waals surface area contributed by atoms with Crippen molar-refractivity contribution in [1.29, 1.82) is 0 Å². The number of benzene rings is 8. The molecule has 0 radical (unpaired) electrons. The summed E-state index contributed by atoms with van der Waals surface area (Å²) in [5.41, 5.74) is 17.0. The molecule has 4 heteroatoms. The Balaban J connectivity index is 0.921. The molecule has 0 bridgehead atoms. The van der Waals surface area contributed by atoms with Crippen LogP contribution in [0.15, 0.2) is 183 Å². The van der Waals surface area contributed by atoms with Crippen LogP contribution >= 0.6 is 0 Å². The Morgan fingerprint density at radius 1 is 0.397 bits per heavy atom. The maximum absolute atomic E-state index is 6.85. The van der Waals surface area contributed by atoms with Gasteiger partial charge in [0.25, 0.3) is 0 Å². The van der Waals surface area contributed by atoms with Gasteiger partial charge in [-0.25, -0.2) is 0 Å². The van der Waals surface area contributed by atoms with E-state index < -0.39 is 0 Å².